The molecule has 0 N–H and O–H groups in total. The van der Waals surface area contributed by atoms with Crippen molar-refractivity contribution in [1.82, 2.24) is 0 Å². The fourth-order valence-electron chi connectivity index (χ4n) is 4.56. The topological polar surface area (TPSA) is 40.6 Å². The molecule has 0 saturated carbocycles. The summed E-state index contributed by atoms with van der Waals surface area (Å²) in [6.45, 7) is 4.44. The third-order valence-corrected chi connectivity index (χ3v) is 7.42. The maximum absolute atomic E-state index is 14.0. The van der Waals surface area contributed by atoms with Crippen LogP contribution < -0.4 is 9.80 Å². The molecule has 2 amide bonds. The Morgan fingerprint density at radius 1 is 0.968 bits per heavy atom. The number of carbonyl (C=O) groups excluding carboxylic acids is 2. The van der Waals surface area contributed by atoms with E-state index in [0.717, 1.165) is 33.6 Å². The van der Waals surface area contributed by atoms with Crippen molar-refractivity contribution in [2.75, 3.05) is 15.6 Å². The van der Waals surface area contributed by atoms with Gasteiger partial charge in [-0.1, -0.05) is 48.0 Å². The van der Waals surface area contributed by atoms with E-state index in [1.165, 1.54) is 11.8 Å². The van der Waals surface area contributed by atoms with Crippen molar-refractivity contribution < 1.29 is 9.59 Å². The second kappa shape index (κ2) is 7.43. The number of para-hydroxylation sites is 1. The van der Waals surface area contributed by atoms with Gasteiger partial charge < -0.3 is 4.90 Å². The number of aryl methyl sites for hydroxylation is 2. The molecule has 156 valence electrons. The van der Waals surface area contributed by atoms with Crippen molar-refractivity contribution >= 4 is 46.6 Å². The number of hydrogen-bond acceptors (Lipinski definition) is 3. The summed E-state index contributed by atoms with van der Waals surface area (Å²) >= 11 is 7.44. The fourth-order valence-corrected chi connectivity index (χ4v) is 6.05. The summed E-state index contributed by atoms with van der Waals surface area (Å²) < 4.78 is 0. The van der Waals surface area contributed by atoms with Gasteiger partial charge in [-0.2, -0.15) is 0 Å². The van der Waals surface area contributed by atoms with Crippen molar-refractivity contribution in [1.29, 1.82) is 0 Å². The summed E-state index contributed by atoms with van der Waals surface area (Å²) in [7, 11) is 0. The predicted octanol–water partition coefficient (Wildman–Crippen LogP) is 5.44. The summed E-state index contributed by atoms with van der Waals surface area (Å²) in [5.41, 5.74) is 5.59. The lowest BCUT2D eigenvalue weighted by molar-refractivity contribution is -0.123. The van der Waals surface area contributed by atoms with Crippen LogP contribution >= 0.6 is 23.4 Å². The van der Waals surface area contributed by atoms with Gasteiger partial charge in [0.25, 0.3) is 5.91 Å². The zero-order chi connectivity index (χ0) is 21.8. The van der Waals surface area contributed by atoms with Crippen molar-refractivity contribution in [3.8, 4) is 0 Å². The minimum absolute atomic E-state index is 0.0495. The highest BCUT2D eigenvalue weighted by atomic mass is 35.5. The van der Waals surface area contributed by atoms with E-state index in [1.807, 2.05) is 74.5 Å². The highest BCUT2D eigenvalue weighted by Crippen LogP contribution is 2.56. The van der Waals surface area contributed by atoms with Crippen molar-refractivity contribution in [3.05, 3.63) is 94.0 Å². The van der Waals surface area contributed by atoms with Gasteiger partial charge in [0, 0.05) is 16.3 Å². The molecule has 4 nitrogen and oxygen atoms in total. The number of amides is 2. The van der Waals surface area contributed by atoms with Crippen molar-refractivity contribution in [2.24, 2.45) is 0 Å². The molecule has 2 aliphatic heterocycles. The monoisotopic (exact) mass is 448 g/mol. The number of thioether (sulfide) groups is 1. The molecule has 0 bridgehead atoms. The molecular weight excluding hydrogens is 428 g/mol. The Kier molecular flexibility index (Phi) is 4.83. The molecule has 3 aromatic carbocycles. The number of hydrogen-bond donors (Lipinski definition) is 0. The molecule has 0 unspecified atom stereocenters. The Labute approximate surface area is 190 Å². The quantitative estimate of drug-likeness (QED) is 0.536. The second-order valence-corrected chi connectivity index (χ2v) is 9.65. The van der Waals surface area contributed by atoms with Crippen molar-refractivity contribution in [2.45, 2.75) is 25.3 Å². The Hall–Kier alpha value is -2.76. The molecule has 0 aliphatic carbocycles. The number of nitrogens with zero attached hydrogens (tertiary/aromatic N) is 2. The van der Waals surface area contributed by atoms with E-state index >= 15 is 0 Å². The van der Waals surface area contributed by atoms with Crippen LogP contribution in [0.1, 0.15) is 22.3 Å². The molecule has 2 aliphatic rings. The molecule has 31 heavy (non-hydrogen) atoms. The van der Waals surface area contributed by atoms with Crippen LogP contribution in [0.2, 0.25) is 5.02 Å². The van der Waals surface area contributed by atoms with Crippen LogP contribution in [0.5, 0.6) is 0 Å². The standard InChI is InChI=1S/C25H21ClN2O2S/c1-16-11-17(2)13-20(12-16)28-23(29)15-31-25(28)21-5-3-4-6-22(21)27(24(25)30)14-18-7-9-19(26)10-8-18/h3-13H,14-15H2,1-2H3/t25-/m1/s1. The molecule has 1 fully saturated rings. The molecule has 3 aromatic rings. The lowest BCUT2D eigenvalue weighted by Gasteiger charge is -2.33. The molecule has 1 atom stereocenters. The Morgan fingerprint density at radius 3 is 2.35 bits per heavy atom. The first-order valence-electron chi connectivity index (χ1n) is 10.1. The van der Waals surface area contributed by atoms with Crippen LogP contribution in [0.15, 0.2) is 66.7 Å². The first kappa shape index (κ1) is 20.2. The minimum atomic E-state index is -1.08. The van der Waals surface area contributed by atoms with Gasteiger partial charge in [0.15, 0.2) is 0 Å². The molecular formula is C25H21ClN2O2S. The first-order chi connectivity index (χ1) is 14.9. The minimum Gasteiger partial charge on any atom is -0.304 e. The van der Waals surface area contributed by atoms with Crippen LogP contribution in [0.4, 0.5) is 11.4 Å². The van der Waals surface area contributed by atoms with Gasteiger partial charge in [-0.25, -0.2) is 0 Å². The summed E-state index contributed by atoms with van der Waals surface area (Å²) in [5, 5.41) is 0.659. The average Bonchev–Trinajstić information content (AvgIpc) is 3.20. The van der Waals surface area contributed by atoms with Crippen LogP contribution in [-0.2, 0) is 21.0 Å². The van der Waals surface area contributed by atoms with E-state index in [9.17, 15) is 9.59 Å². The largest absolute Gasteiger partial charge is 0.304 e. The lowest BCUT2D eigenvalue weighted by Crippen LogP contribution is -2.49. The molecule has 2 heterocycles. The van der Waals surface area contributed by atoms with Gasteiger partial charge in [-0.05, 0) is 60.9 Å². The highest BCUT2D eigenvalue weighted by molar-refractivity contribution is 8.02. The zero-order valence-electron chi connectivity index (χ0n) is 17.3. The van der Waals surface area contributed by atoms with Gasteiger partial charge in [-0.3, -0.25) is 14.5 Å². The number of rotatable bonds is 3. The number of anilines is 2. The van der Waals surface area contributed by atoms with Gasteiger partial charge >= 0.3 is 0 Å². The Balaban J connectivity index is 1.65. The van der Waals surface area contributed by atoms with E-state index in [1.54, 1.807) is 9.80 Å². The number of carbonyl (C=O) groups is 2. The summed E-state index contributed by atoms with van der Waals surface area (Å²) in [6.07, 6.45) is 0. The van der Waals surface area contributed by atoms with Gasteiger partial charge in [0.05, 0.1) is 18.0 Å². The molecule has 0 radical (unpaired) electrons. The van der Waals surface area contributed by atoms with E-state index < -0.39 is 4.87 Å². The number of halogens is 1. The molecule has 6 heteroatoms. The van der Waals surface area contributed by atoms with Crippen molar-refractivity contribution in [3.63, 3.8) is 0 Å². The van der Waals surface area contributed by atoms with Crippen LogP contribution in [-0.4, -0.2) is 17.6 Å². The molecule has 0 aromatic heterocycles. The predicted molar refractivity (Wildman–Crippen MR) is 127 cm³/mol. The molecule has 1 saturated heterocycles. The maximum Gasteiger partial charge on any atom is 0.269 e. The third kappa shape index (κ3) is 3.15. The smallest absolute Gasteiger partial charge is 0.269 e. The van der Waals surface area contributed by atoms with E-state index in [2.05, 4.69) is 6.07 Å². The normalized spacial score (nSPS) is 20.1. The summed E-state index contributed by atoms with van der Waals surface area (Å²) in [5.74, 6) is 0.132. The zero-order valence-corrected chi connectivity index (χ0v) is 18.8. The average molecular weight is 449 g/mol. The fraction of sp³-hybridized carbons (Fsp3) is 0.200. The third-order valence-electron chi connectivity index (χ3n) is 5.78. The first-order valence-corrected chi connectivity index (χ1v) is 11.5. The van der Waals surface area contributed by atoms with E-state index in [4.69, 9.17) is 11.6 Å². The van der Waals surface area contributed by atoms with Gasteiger partial charge in [-0.15, -0.1) is 11.8 Å². The van der Waals surface area contributed by atoms with E-state index in [-0.39, 0.29) is 17.6 Å². The van der Waals surface area contributed by atoms with Crippen LogP contribution in [0, 0.1) is 13.8 Å². The lowest BCUT2D eigenvalue weighted by atomic mass is 10.0. The Bertz CT molecular complexity index is 1190. The highest BCUT2D eigenvalue weighted by Gasteiger charge is 2.60. The summed E-state index contributed by atoms with van der Waals surface area (Å²) in [6, 6.07) is 21.3. The van der Waals surface area contributed by atoms with Gasteiger partial charge in [0.2, 0.25) is 10.8 Å². The van der Waals surface area contributed by atoms with Gasteiger partial charge in [0.1, 0.15) is 0 Å². The molecule has 1 spiro atoms. The Morgan fingerprint density at radius 2 is 1.65 bits per heavy atom. The number of fused-ring (bicyclic) bond motifs is 2. The van der Waals surface area contributed by atoms with E-state index in [0.29, 0.717) is 11.6 Å². The molecule has 5 rings (SSSR count). The van der Waals surface area contributed by atoms with Crippen LogP contribution in [0.25, 0.3) is 0 Å². The summed E-state index contributed by atoms with van der Waals surface area (Å²) in [4.78, 5) is 29.6. The SMILES string of the molecule is Cc1cc(C)cc(N2C(=O)CS[C@]23C(=O)N(Cc2ccc(Cl)cc2)c2ccccc23)c1. The second-order valence-electron chi connectivity index (χ2n) is 8.04. The number of benzene rings is 3. The maximum atomic E-state index is 14.0. The van der Waals surface area contributed by atoms with Crippen LogP contribution in [0.3, 0.4) is 0 Å².